The molecule has 1 heterocycles. The lowest BCUT2D eigenvalue weighted by molar-refractivity contribution is -0.133. The lowest BCUT2D eigenvalue weighted by Crippen LogP contribution is -2.53. The molecule has 6 heteroatoms. The number of ether oxygens (including phenoxy) is 1. The highest BCUT2D eigenvalue weighted by atomic mass is 16.5. The summed E-state index contributed by atoms with van der Waals surface area (Å²) in [6, 6.07) is 17.6. The maximum Gasteiger partial charge on any atom is 0.333 e. The molecular weight excluding hydrogens is 416 g/mol. The Hall–Kier alpha value is -3.15. The van der Waals surface area contributed by atoms with Gasteiger partial charge in [-0.2, -0.15) is 0 Å². The highest BCUT2D eigenvalue weighted by molar-refractivity contribution is 6.02. The van der Waals surface area contributed by atoms with E-state index in [0.717, 1.165) is 37.9 Å². The molecule has 176 valence electrons. The molecule has 0 radical (unpaired) electrons. The smallest absolute Gasteiger partial charge is 0.333 e. The van der Waals surface area contributed by atoms with Gasteiger partial charge in [-0.15, -0.1) is 0 Å². The Morgan fingerprint density at radius 3 is 1.79 bits per heavy atom. The summed E-state index contributed by atoms with van der Waals surface area (Å²) in [4.78, 5) is 40.6. The molecule has 1 aliphatic heterocycles. The fourth-order valence-electron chi connectivity index (χ4n) is 4.10. The number of rotatable bonds is 11. The molecule has 0 aromatic heterocycles. The number of hydrogen-bond donors (Lipinski definition) is 0. The zero-order valence-corrected chi connectivity index (χ0v) is 19.5. The summed E-state index contributed by atoms with van der Waals surface area (Å²) in [5, 5.41) is 0. The minimum absolute atomic E-state index is 0.176. The second-order valence-electron chi connectivity index (χ2n) is 8.47. The maximum atomic E-state index is 12.8. The van der Waals surface area contributed by atoms with Crippen molar-refractivity contribution in [1.82, 2.24) is 9.80 Å². The Balaban J connectivity index is 1.37. The van der Waals surface area contributed by atoms with E-state index in [4.69, 9.17) is 4.74 Å². The molecule has 3 rings (SSSR count). The standard InChI is InChI=1S/C27H34N2O4/c1-33-24-18-16-23(17-19-24)13-6-8-15-26(31)29-21-9-20-28(27(29)32)25(30)14-7-5-12-22-10-3-2-4-11-22/h2-4,10-11,16-19H,5-9,12-15,20-21H2,1H3. The van der Waals surface area contributed by atoms with Crippen LogP contribution < -0.4 is 4.74 Å². The van der Waals surface area contributed by atoms with Gasteiger partial charge in [0.1, 0.15) is 5.75 Å². The lowest BCUT2D eigenvalue weighted by atomic mass is 10.1. The highest BCUT2D eigenvalue weighted by Gasteiger charge is 2.33. The monoisotopic (exact) mass is 450 g/mol. The molecule has 33 heavy (non-hydrogen) atoms. The first-order chi connectivity index (χ1) is 16.1. The van der Waals surface area contributed by atoms with E-state index < -0.39 is 6.03 Å². The van der Waals surface area contributed by atoms with E-state index in [1.165, 1.54) is 20.9 Å². The number of carbonyl (C=O) groups is 3. The summed E-state index contributed by atoms with van der Waals surface area (Å²) in [5.41, 5.74) is 2.45. The number of amides is 4. The van der Waals surface area contributed by atoms with Gasteiger partial charge in [-0.1, -0.05) is 42.5 Å². The third-order valence-electron chi connectivity index (χ3n) is 6.04. The van der Waals surface area contributed by atoms with Crippen molar-refractivity contribution in [2.45, 2.75) is 57.8 Å². The molecule has 0 N–H and O–H groups in total. The second-order valence-corrected chi connectivity index (χ2v) is 8.47. The average Bonchev–Trinajstić information content (AvgIpc) is 2.85. The van der Waals surface area contributed by atoms with E-state index in [0.29, 0.717) is 38.8 Å². The molecule has 2 aromatic carbocycles. The largest absolute Gasteiger partial charge is 0.497 e. The summed E-state index contributed by atoms with van der Waals surface area (Å²) in [6.07, 6.45) is 6.29. The van der Waals surface area contributed by atoms with Gasteiger partial charge in [0.15, 0.2) is 0 Å². The minimum Gasteiger partial charge on any atom is -0.497 e. The summed E-state index contributed by atoms with van der Waals surface area (Å²) in [7, 11) is 1.64. The van der Waals surface area contributed by atoms with E-state index in [1.807, 2.05) is 42.5 Å². The number of methoxy groups -OCH3 is 1. The Morgan fingerprint density at radius 1 is 0.758 bits per heavy atom. The van der Waals surface area contributed by atoms with Crippen molar-refractivity contribution < 1.29 is 19.1 Å². The molecule has 0 aliphatic carbocycles. The van der Waals surface area contributed by atoms with Crippen molar-refractivity contribution >= 4 is 17.8 Å². The van der Waals surface area contributed by atoms with Crippen molar-refractivity contribution in [1.29, 1.82) is 0 Å². The molecule has 1 fully saturated rings. The van der Waals surface area contributed by atoms with Crippen LogP contribution in [0.3, 0.4) is 0 Å². The van der Waals surface area contributed by atoms with Crippen molar-refractivity contribution in [3.8, 4) is 5.75 Å². The topological polar surface area (TPSA) is 66.9 Å². The van der Waals surface area contributed by atoms with E-state index in [1.54, 1.807) is 7.11 Å². The maximum absolute atomic E-state index is 12.8. The van der Waals surface area contributed by atoms with Crippen molar-refractivity contribution in [2.24, 2.45) is 0 Å². The first-order valence-corrected chi connectivity index (χ1v) is 11.9. The molecule has 6 nitrogen and oxygen atoms in total. The number of imide groups is 2. The van der Waals surface area contributed by atoms with E-state index >= 15 is 0 Å². The molecule has 0 spiro atoms. The SMILES string of the molecule is COc1ccc(CCCCC(=O)N2CCCN(C(=O)CCCCc3ccccc3)C2=O)cc1. The van der Waals surface area contributed by atoms with Crippen LogP contribution in [0.2, 0.25) is 0 Å². The van der Waals surface area contributed by atoms with Gasteiger partial charge in [0.25, 0.3) is 0 Å². The molecule has 0 unspecified atom stereocenters. The van der Waals surface area contributed by atoms with Crippen LogP contribution in [0.5, 0.6) is 5.75 Å². The number of nitrogens with zero attached hydrogens (tertiary/aromatic N) is 2. The van der Waals surface area contributed by atoms with Crippen LogP contribution in [0.25, 0.3) is 0 Å². The van der Waals surface area contributed by atoms with Crippen LogP contribution >= 0.6 is 0 Å². The van der Waals surface area contributed by atoms with Crippen molar-refractivity contribution in [2.75, 3.05) is 20.2 Å². The van der Waals surface area contributed by atoms with Crippen LogP contribution in [-0.2, 0) is 22.4 Å². The Morgan fingerprint density at radius 2 is 1.27 bits per heavy atom. The predicted octanol–water partition coefficient (Wildman–Crippen LogP) is 5.00. The van der Waals surface area contributed by atoms with Crippen LogP contribution in [-0.4, -0.2) is 47.8 Å². The summed E-state index contributed by atoms with van der Waals surface area (Å²) >= 11 is 0. The molecule has 0 saturated carbocycles. The van der Waals surface area contributed by atoms with E-state index in [2.05, 4.69) is 12.1 Å². The summed E-state index contributed by atoms with van der Waals surface area (Å²) in [6.45, 7) is 0.797. The zero-order valence-electron chi connectivity index (χ0n) is 19.5. The minimum atomic E-state index is -0.450. The molecule has 0 atom stereocenters. The molecule has 1 aliphatic rings. The van der Waals surface area contributed by atoms with Gasteiger partial charge in [0.2, 0.25) is 11.8 Å². The number of hydrogen-bond acceptors (Lipinski definition) is 4. The predicted molar refractivity (Wildman–Crippen MR) is 128 cm³/mol. The third kappa shape index (κ3) is 7.45. The number of benzene rings is 2. The number of aryl methyl sites for hydroxylation is 2. The van der Waals surface area contributed by atoms with Crippen LogP contribution in [0, 0.1) is 0 Å². The fourth-order valence-corrected chi connectivity index (χ4v) is 4.10. The Labute approximate surface area is 196 Å². The lowest BCUT2D eigenvalue weighted by Gasteiger charge is -2.33. The van der Waals surface area contributed by atoms with E-state index in [-0.39, 0.29) is 11.8 Å². The van der Waals surface area contributed by atoms with Gasteiger partial charge in [0.05, 0.1) is 7.11 Å². The number of unbranched alkanes of at least 4 members (excludes halogenated alkanes) is 2. The Kier molecular flexibility index (Phi) is 9.48. The van der Waals surface area contributed by atoms with Gasteiger partial charge >= 0.3 is 6.03 Å². The van der Waals surface area contributed by atoms with Gasteiger partial charge in [-0.3, -0.25) is 19.4 Å². The highest BCUT2D eigenvalue weighted by Crippen LogP contribution is 2.17. The van der Waals surface area contributed by atoms with Gasteiger partial charge in [0, 0.05) is 25.9 Å². The molecule has 2 aromatic rings. The van der Waals surface area contributed by atoms with Crippen LogP contribution in [0.1, 0.15) is 56.1 Å². The average molecular weight is 451 g/mol. The molecule has 0 bridgehead atoms. The Bertz CT molecular complexity index is 911. The third-order valence-corrected chi connectivity index (χ3v) is 6.04. The quantitative estimate of drug-likeness (QED) is 0.452. The first-order valence-electron chi connectivity index (χ1n) is 11.9. The van der Waals surface area contributed by atoms with E-state index in [9.17, 15) is 14.4 Å². The number of urea groups is 1. The second kappa shape index (κ2) is 12.8. The van der Waals surface area contributed by atoms with Gasteiger partial charge < -0.3 is 4.74 Å². The van der Waals surface area contributed by atoms with Crippen LogP contribution in [0.15, 0.2) is 54.6 Å². The molecule has 1 saturated heterocycles. The van der Waals surface area contributed by atoms with Crippen LogP contribution in [0.4, 0.5) is 4.79 Å². The fraction of sp³-hybridized carbons (Fsp3) is 0.444. The van der Waals surface area contributed by atoms with Crippen molar-refractivity contribution in [3.63, 3.8) is 0 Å². The normalized spacial score (nSPS) is 13.8. The van der Waals surface area contributed by atoms with Gasteiger partial charge in [-0.05, 0) is 68.2 Å². The summed E-state index contributed by atoms with van der Waals surface area (Å²) < 4.78 is 5.16. The summed E-state index contributed by atoms with van der Waals surface area (Å²) in [5.74, 6) is 0.467. The number of carbonyl (C=O) groups excluding carboxylic acids is 3. The first kappa shape index (κ1) is 24.5. The molecule has 4 amide bonds. The zero-order chi connectivity index (χ0) is 23.5. The van der Waals surface area contributed by atoms with Gasteiger partial charge in [-0.25, -0.2) is 4.79 Å². The molecular formula is C27H34N2O4. The van der Waals surface area contributed by atoms with Crippen molar-refractivity contribution in [3.05, 3.63) is 65.7 Å².